The Bertz CT molecular complexity index is 873. The van der Waals surface area contributed by atoms with Crippen LogP contribution in [0.3, 0.4) is 0 Å². The lowest BCUT2D eigenvalue weighted by molar-refractivity contribution is -0.141. The van der Waals surface area contributed by atoms with Crippen LogP contribution in [0.4, 0.5) is 0 Å². The van der Waals surface area contributed by atoms with E-state index in [9.17, 15) is 9.59 Å². The number of nitrogens with zero attached hydrogens (tertiary/aromatic N) is 1. The highest BCUT2D eigenvalue weighted by Crippen LogP contribution is 2.21. The first-order chi connectivity index (χ1) is 16.0. The van der Waals surface area contributed by atoms with Crippen LogP contribution in [0.15, 0.2) is 48.5 Å². The predicted octanol–water partition coefficient (Wildman–Crippen LogP) is 5.23. The van der Waals surface area contributed by atoms with Gasteiger partial charge in [-0.3, -0.25) is 9.59 Å². The van der Waals surface area contributed by atoms with Gasteiger partial charge in [-0.1, -0.05) is 50.1 Å². The van der Waals surface area contributed by atoms with Crippen molar-refractivity contribution in [3.05, 3.63) is 59.1 Å². The van der Waals surface area contributed by atoms with E-state index in [-0.39, 0.29) is 24.8 Å². The molecule has 0 aromatic heterocycles. The van der Waals surface area contributed by atoms with Crippen LogP contribution >= 0.6 is 11.6 Å². The van der Waals surface area contributed by atoms with Gasteiger partial charge in [0.2, 0.25) is 11.8 Å². The third kappa shape index (κ3) is 8.61. The normalized spacial score (nSPS) is 11.5. The second-order valence-corrected chi connectivity index (χ2v) is 8.22. The molecule has 7 heteroatoms. The number of carbonyl (C=O) groups is 2. The Labute approximate surface area is 202 Å². The van der Waals surface area contributed by atoms with Gasteiger partial charge in [0.25, 0.3) is 0 Å². The van der Waals surface area contributed by atoms with E-state index >= 15 is 0 Å². The molecule has 1 N–H and O–H groups in total. The molecule has 0 bridgehead atoms. The minimum atomic E-state index is -0.548. The summed E-state index contributed by atoms with van der Waals surface area (Å²) in [7, 11) is 1.61. The average Bonchev–Trinajstić information content (AvgIpc) is 2.83. The van der Waals surface area contributed by atoms with Crippen molar-refractivity contribution < 1.29 is 19.1 Å². The molecule has 33 heavy (non-hydrogen) atoms. The molecule has 0 radical (unpaired) electrons. The largest absolute Gasteiger partial charge is 0.497 e. The summed E-state index contributed by atoms with van der Waals surface area (Å²) in [5.41, 5.74) is 0.821. The fourth-order valence-electron chi connectivity index (χ4n) is 3.46. The number of hydrogen-bond donors (Lipinski definition) is 1. The van der Waals surface area contributed by atoms with Crippen molar-refractivity contribution >= 4 is 23.4 Å². The minimum absolute atomic E-state index is 0.0919. The molecule has 0 aliphatic heterocycles. The summed E-state index contributed by atoms with van der Waals surface area (Å²) >= 11 is 6.35. The fourth-order valence-corrected chi connectivity index (χ4v) is 3.66. The summed E-state index contributed by atoms with van der Waals surface area (Å²) in [5, 5.41) is 3.55. The monoisotopic (exact) mass is 474 g/mol. The highest BCUT2D eigenvalue weighted by atomic mass is 35.5. The van der Waals surface area contributed by atoms with E-state index in [2.05, 4.69) is 12.2 Å². The molecule has 2 amide bonds. The SMILES string of the molecule is CCCCNC(=O)[C@@H](CC)N(Cc1ccccc1Cl)C(=O)CCCOc1ccc(OC)cc1. The maximum atomic E-state index is 13.2. The number of methoxy groups -OCH3 is 1. The second-order valence-electron chi connectivity index (χ2n) is 7.81. The zero-order chi connectivity index (χ0) is 24.1. The Morgan fingerprint density at radius 1 is 1.03 bits per heavy atom. The average molecular weight is 475 g/mol. The number of amides is 2. The Kier molecular flexibility index (Phi) is 11.6. The van der Waals surface area contributed by atoms with Crippen molar-refractivity contribution in [3.8, 4) is 11.5 Å². The van der Waals surface area contributed by atoms with E-state index in [0.717, 1.165) is 29.9 Å². The van der Waals surface area contributed by atoms with Crippen molar-refractivity contribution in [1.82, 2.24) is 10.2 Å². The Hall–Kier alpha value is -2.73. The number of rotatable bonds is 14. The third-order valence-corrected chi connectivity index (χ3v) is 5.75. The van der Waals surface area contributed by atoms with Crippen LogP contribution in [-0.4, -0.2) is 43.0 Å². The van der Waals surface area contributed by atoms with Crippen LogP contribution in [-0.2, 0) is 16.1 Å². The lowest BCUT2D eigenvalue weighted by Gasteiger charge is -2.31. The Morgan fingerprint density at radius 3 is 2.36 bits per heavy atom. The predicted molar refractivity (Wildman–Crippen MR) is 132 cm³/mol. The Morgan fingerprint density at radius 2 is 1.73 bits per heavy atom. The number of halogens is 1. The molecule has 0 aliphatic rings. The van der Waals surface area contributed by atoms with Crippen LogP contribution in [0, 0.1) is 0 Å². The highest BCUT2D eigenvalue weighted by molar-refractivity contribution is 6.31. The third-order valence-electron chi connectivity index (χ3n) is 5.38. The summed E-state index contributed by atoms with van der Waals surface area (Å²) in [5.74, 6) is 1.26. The first-order valence-electron chi connectivity index (χ1n) is 11.6. The standard InChI is InChI=1S/C26H35ClN2O4/c1-4-6-17-28-26(31)24(5-2)29(19-20-10-7-8-11-23(20)27)25(30)12-9-18-33-22-15-13-21(32-3)14-16-22/h7-8,10-11,13-16,24H,4-6,9,12,17-19H2,1-3H3,(H,28,31)/t24-/m1/s1. The number of ether oxygens (including phenoxy) is 2. The quantitative estimate of drug-likeness (QED) is 0.380. The van der Waals surface area contributed by atoms with E-state index in [1.54, 1.807) is 18.1 Å². The summed E-state index contributed by atoms with van der Waals surface area (Å²) in [6, 6.07) is 14.2. The molecule has 0 spiro atoms. The zero-order valence-corrected chi connectivity index (χ0v) is 20.6. The van der Waals surface area contributed by atoms with Crippen LogP contribution in [0.5, 0.6) is 11.5 Å². The molecule has 0 saturated heterocycles. The zero-order valence-electron chi connectivity index (χ0n) is 19.8. The molecule has 0 heterocycles. The molecule has 0 saturated carbocycles. The summed E-state index contributed by atoms with van der Waals surface area (Å²) < 4.78 is 10.9. The summed E-state index contributed by atoms with van der Waals surface area (Å²) in [6.07, 6.45) is 3.24. The van der Waals surface area contributed by atoms with Crippen LogP contribution in [0.1, 0.15) is 51.5 Å². The fraction of sp³-hybridized carbons (Fsp3) is 0.462. The molecule has 1 atom stereocenters. The topological polar surface area (TPSA) is 67.9 Å². The molecule has 6 nitrogen and oxygen atoms in total. The number of unbranched alkanes of at least 4 members (excludes halogenated alkanes) is 1. The first kappa shape index (κ1) is 26.5. The maximum absolute atomic E-state index is 13.2. The number of benzene rings is 2. The van der Waals surface area contributed by atoms with Crippen LogP contribution in [0.2, 0.25) is 5.02 Å². The molecule has 180 valence electrons. The molecule has 2 aromatic carbocycles. The van der Waals surface area contributed by atoms with Crippen LogP contribution in [0.25, 0.3) is 0 Å². The molecule has 2 aromatic rings. The molecule has 2 rings (SSSR count). The van der Waals surface area contributed by atoms with E-state index in [0.29, 0.717) is 31.0 Å². The van der Waals surface area contributed by atoms with Gasteiger partial charge in [-0.2, -0.15) is 0 Å². The number of nitrogens with one attached hydrogen (secondary N) is 1. The minimum Gasteiger partial charge on any atom is -0.497 e. The smallest absolute Gasteiger partial charge is 0.242 e. The lowest BCUT2D eigenvalue weighted by Crippen LogP contribution is -2.49. The summed E-state index contributed by atoms with van der Waals surface area (Å²) in [6.45, 7) is 5.29. The number of hydrogen-bond acceptors (Lipinski definition) is 4. The van der Waals surface area contributed by atoms with Crippen molar-refractivity contribution in [2.75, 3.05) is 20.3 Å². The van der Waals surface area contributed by atoms with Gasteiger partial charge in [0.05, 0.1) is 13.7 Å². The first-order valence-corrected chi connectivity index (χ1v) is 11.9. The van der Waals surface area contributed by atoms with Crippen LogP contribution < -0.4 is 14.8 Å². The molecular formula is C26H35ClN2O4. The Balaban J connectivity index is 2.02. The van der Waals surface area contributed by atoms with Gasteiger partial charge in [0.15, 0.2) is 0 Å². The van der Waals surface area contributed by atoms with Gasteiger partial charge < -0.3 is 19.7 Å². The van der Waals surface area contributed by atoms with Gasteiger partial charge in [0, 0.05) is 24.5 Å². The van der Waals surface area contributed by atoms with E-state index in [4.69, 9.17) is 21.1 Å². The van der Waals surface area contributed by atoms with Gasteiger partial charge in [-0.05, 0) is 55.2 Å². The lowest BCUT2D eigenvalue weighted by atomic mass is 10.1. The van der Waals surface area contributed by atoms with Crippen molar-refractivity contribution in [2.24, 2.45) is 0 Å². The van der Waals surface area contributed by atoms with Gasteiger partial charge in [-0.25, -0.2) is 0 Å². The van der Waals surface area contributed by atoms with Crippen molar-refractivity contribution in [3.63, 3.8) is 0 Å². The van der Waals surface area contributed by atoms with E-state index in [1.807, 2.05) is 49.4 Å². The number of carbonyl (C=O) groups excluding carboxylic acids is 2. The van der Waals surface area contributed by atoms with Gasteiger partial charge >= 0.3 is 0 Å². The molecule has 0 unspecified atom stereocenters. The van der Waals surface area contributed by atoms with Crippen molar-refractivity contribution in [1.29, 1.82) is 0 Å². The molecule has 0 aliphatic carbocycles. The van der Waals surface area contributed by atoms with Gasteiger partial charge in [0.1, 0.15) is 17.5 Å². The maximum Gasteiger partial charge on any atom is 0.242 e. The molecular weight excluding hydrogens is 440 g/mol. The van der Waals surface area contributed by atoms with Gasteiger partial charge in [-0.15, -0.1) is 0 Å². The second kappa shape index (κ2) is 14.4. The van der Waals surface area contributed by atoms with E-state index < -0.39 is 6.04 Å². The highest BCUT2D eigenvalue weighted by Gasteiger charge is 2.28. The molecule has 0 fully saturated rings. The van der Waals surface area contributed by atoms with Crippen molar-refractivity contribution in [2.45, 2.75) is 58.5 Å². The summed E-state index contributed by atoms with van der Waals surface area (Å²) in [4.78, 5) is 27.7. The van der Waals surface area contributed by atoms with E-state index in [1.165, 1.54) is 0 Å².